The molecule has 0 saturated heterocycles. The van der Waals surface area contributed by atoms with Gasteiger partial charge in [0.05, 0.1) is 0 Å². The van der Waals surface area contributed by atoms with E-state index < -0.39 is 5.76 Å². The molecule has 0 aliphatic rings. The molecule has 4 nitrogen and oxygen atoms in total. The van der Waals surface area contributed by atoms with Crippen molar-refractivity contribution in [3.8, 4) is 5.75 Å². The largest absolute Gasteiger partial charge is 0.484 e. The van der Waals surface area contributed by atoms with E-state index >= 15 is 0 Å². The van der Waals surface area contributed by atoms with E-state index in [4.69, 9.17) is 4.74 Å². The van der Waals surface area contributed by atoms with E-state index in [-0.39, 0.29) is 18.3 Å². The van der Waals surface area contributed by atoms with Crippen molar-refractivity contribution in [2.45, 2.75) is 24.0 Å². The van der Waals surface area contributed by atoms with Gasteiger partial charge in [-0.1, -0.05) is 18.7 Å². The molecule has 0 fully saturated rings. The molecule has 1 N–H and O–H groups in total. The molecule has 0 bridgehead atoms. The number of rotatable bonds is 8. The van der Waals surface area contributed by atoms with Gasteiger partial charge in [0.25, 0.3) is 11.7 Å². The molecule has 0 radical (unpaired) electrons. The van der Waals surface area contributed by atoms with Crippen LogP contribution in [-0.2, 0) is 4.79 Å². The molecule has 0 saturated carbocycles. The van der Waals surface area contributed by atoms with Gasteiger partial charge in [-0.25, -0.2) is 0 Å². The average Bonchev–Trinajstić information content (AvgIpc) is 2.61. The quantitative estimate of drug-likeness (QED) is 0.548. The number of Topliss-reactive ketones (excluding diaryl/α,β-unsaturated/α-hetero) is 1. The second-order valence-electron chi connectivity index (χ2n) is 5.04. The van der Waals surface area contributed by atoms with Gasteiger partial charge in [-0.2, -0.15) is 8.78 Å². The summed E-state index contributed by atoms with van der Waals surface area (Å²) < 4.78 is 29.8. The summed E-state index contributed by atoms with van der Waals surface area (Å²) in [5.41, 5.74) is 1.09. The molecule has 0 unspecified atom stereocenters. The highest BCUT2D eigenvalue weighted by Gasteiger charge is 2.08. The van der Waals surface area contributed by atoms with Crippen LogP contribution in [0.4, 0.5) is 14.5 Å². The molecule has 2 aromatic carbocycles. The molecule has 0 aliphatic carbocycles. The van der Waals surface area contributed by atoms with Crippen LogP contribution in [0.25, 0.3) is 0 Å². The van der Waals surface area contributed by atoms with Gasteiger partial charge in [0.1, 0.15) is 5.75 Å². The zero-order chi connectivity index (χ0) is 18.2. The maximum Gasteiger partial charge on any atom is 0.288 e. The summed E-state index contributed by atoms with van der Waals surface area (Å²) in [6.07, 6.45) is 0.428. The Hall–Kier alpha value is -2.41. The number of thioether (sulfide) groups is 1. The minimum atomic E-state index is -2.48. The van der Waals surface area contributed by atoms with Gasteiger partial charge < -0.3 is 10.1 Å². The number of ether oxygens (including phenoxy) is 1. The lowest BCUT2D eigenvalue weighted by molar-refractivity contribution is -0.118. The van der Waals surface area contributed by atoms with Gasteiger partial charge in [0.2, 0.25) is 0 Å². The maximum absolute atomic E-state index is 12.2. The van der Waals surface area contributed by atoms with Crippen LogP contribution < -0.4 is 10.1 Å². The van der Waals surface area contributed by atoms with Gasteiger partial charge >= 0.3 is 0 Å². The number of ketones is 1. The van der Waals surface area contributed by atoms with E-state index in [0.717, 1.165) is 0 Å². The van der Waals surface area contributed by atoms with Gasteiger partial charge in [0, 0.05) is 22.6 Å². The first-order valence-electron chi connectivity index (χ1n) is 7.58. The summed E-state index contributed by atoms with van der Waals surface area (Å²) in [4.78, 5) is 23.8. The summed E-state index contributed by atoms with van der Waals surface area (Å²) in [6.45, 7) is 1.59. The minimum Gasteiger partial charge on any atom is -0.484 e. The van der Waals surface area contributed by atoms with E-state index in [0.29, 0.717) is 40.1 Å². The number of carbonyl (C=O) groups is 2. The van der Waals surface area contributed by atoms with Crippen molar-refractivity contribution in [1.82, 2.24) is 0 Å². The fourth-order valence-electron chi connectivity index (χ4n) is 2.01. The Morgan fingerprint density at radius 1 is 1.08 bits per heavy atom. The third-order valence-corrected chi connectivity index (χ3v) is 3.95. The number of amides is 1. The zero-order valence-corrected chi connectivity index (χ0v) is 14.3. The summed E-state index contributed by atoms with van der Waals surface area (Å²) in [5, 5.41) is 2.62. The van der Waals surface area contributed by atoms with Crippen LogP contribution >= 0.6 is 11.8 Å². The molecule has 2 rings (SSSR count). The maximum atomic E-state index is 12.2. The van der Waals surface area contributed by atoms with Crippen molar-refractivity contribution in [2.75, 3.05) is 11.9 Å². The Bertz CT molecular complexity index is 718. The average molecular weight is 365 g/mol. The normalized spacial score (nSPS) is 10.6. The first kappa shape index (κ1) is 18.9. The number of benzene rings is 2. The van der Waals surface area contributed by atoms with Crippen molar-refractivity contribution in [2.24, 2.45) is 0 Å². The summed E-state index contributed by atoms with van der Waals surface area (Å²) in [5.74, 6) is -2.33. The Labute approximate surface area is 148 Å². The summed E-state index contributed by atoms with van der Waals surface area (Å²) in [6, 6.07) is 12.7. The summed E-state index contributed by atoms with van der Waals surface area (Å²) >= 11 is 0.444. The topological polar surface area (TPSA) is 55.4 Å². The smallest absolute Gasteiger partial charge is 0.288 e. The highest BCUT2D eigenvalue weighted by atomic mass is 32.2. The van der Waals surface area contributed by atoms with Gasteiger partial charge in [-0.3, -0.25) is 9.59 Å². The third kappa shape index (κ3) is 6.19. The number of nitrogens with one attached hydrogen (secondary N) is 1. The lowest BCUT2D eigenvalue weighted by Crippen LogP contribution is -2.20. The number of hydrogen-bond acceptors (Lipinski definition) is 4. The molecule has 2 aromatic rings. The fourth-order valence-corrected chi connectivity index (χ4v) is 2.51. The van der Waals surface area contributed by atoms with Crippen LogP contribution in [0.3, 0.4) is 0 Å². The lowest BCUT2D eigenvalue weighted by Gasteiger charge is -2.08. The van der Waals surface area contributed by atoms with Crippen LogP contribution in [0.2, 0.25) is 0 Å². The molecule has 0 heterocycles. The molecular formula is C18H17F2NO3S. The van der Waals surface area contributed by atoms with Crippen LogP contribution in [0.1, 0.15) is 23.7 Å². The van der Waals surface area contributed by atoms with E-state index in [1.54, 1.807) is 43.3 Å². The molecule has 25 heavy (non-hydrogen) atoms. The molecule has 0 aromatic heterocycles. The van der Waals surface area contributed by atoms with E-state index in [2.05, 4.69) is 5.32 Å². The molecule has 7 heteroatoms. The zero-order valence-electron chi connectivity index (χ0n) is 13.5. The number of anilines is 1. The Morgan fingerprint density at radius 3 is 2.28 bits per heavy atom. The van der Waals surface area contributed by atoms with Crippen molar-refractivity contribution in [3.63, 3.8) is 0 Å². The standard InChI is InChI=1S/C18H17F2NO3S/c1-2-16(22)12-3-7-14(8-4-12)24-11-17(23)21-13-5-9-15(10-6-13)25-18(19)20/h3-10,18H,2,11H2,1H3,(H,21,23). The minimum absolute atomic E-state index is 0.0396. The number of halogens is 2. The van der Waals surface area contributed by atoms with Gasteiger partial charge in [0.15, 0.2) is 12.4 Å². The first-order valence-corrected chi connectivity index (χ1v) is 8.46. The second-order valence-corrected chi connectivity index (χ2v) is 6.10. The number of hydrogen-bond donors (Lipinski definition) is 1. The van der Waals surface area contributed by atoms with Crippen LogP contribution in [0, 0.1) is 0 Å². The predicted molar refractivity (Wildman–Crippen MR) is 93.5 cm³/mol. The van der Waals surface area contributed by atoms with Crippen molar-refractivity contribution >= 4 is 29.1 Å². The Morgan fingerprint density at radius 2 is 1.72 bits per heavy atom. The fraction of sp³-hybridized carbons (Fsp3) is 0.222. The monoisotopic (exact) mass is 365 g/mol. The highest BCUT2D eigenvalue weighted by molar-refractivity contribution is 7.99. The lowest BCUT2D eigenvalue weighted by atomic mass is 10.1. The molecule has 0 atom stereocenters. The van der Waals surface area contributed by atoms with Crippen molar-refractivity contribution in [1.29, 1.82) is 0 Å². The Balaban J connectivity index is 1.83. The highest BCUT2D eigenvalue weighted by Crippen LogP contribution is 2.26. The molecule has 1 amide bonds. The second kappa shape index (κ2) is 9.17. The number of carbonyl (C=O) groups excluding carboxylic acids is 2. The van der Waals surface area contributed by atoms with Gasteiger partial charge in [-0.15, -0.1) is 0 Å². The SMILES string of the molecule is CCC(=O)c1ccc(OCC(=O)Nc2ccc(SC(F)F)cc2)cc1. The van der Waals surface area contributed by atoms with Crippen LogP contribution in [0.5, 0.6) is 5.75 Å². The van der Waals surface area contributed by atoms with Gasteiger partial charge in [-0.05, 0) is 48.5 Å². The van der Waals surface area contributed by atoms with E-state index in [9.17, 15) is 18.4 Å². The first-order chi connectivity index (χ1) is 12.0. The number of alkyl halides is 2. The predicted octanol–water partition coefficient (Wildman–Crippen LogP) is 4.61. The van der Waals surface area contributed by atoms with Crippen molar-refractivity contribution < 1.29 is 23.1 Å². The van der Waals surface area contributed by atoms with Crippen molar-refractivity contribution in [3.05, 3.63) is 54.1 Å². The summed E-state index contributed by atoms with van der Waals surface area (Å²) in [7, 11) is 0. The third-order valence-electron chi connectivity index (χ3n) is 3.23. The van der Waals surface area contributed by atoms with E-state index in [1.807, 2.05) is 0 Å². The van der Waals surface area contributed by atoms with E-state index in [1.165, 1.54) is 12.1 Å². The van der Waals surface area contributed by atoms with Crippen LogP contribution in [0.15, 0.2) is 53.4 Å². The molecule has 0 spiro atoms. The molecular weight excluding hydrogens is 348 g/mol. The van der Waals surface area contributed by atoms with Crippen LogP contribution in [-0.4, -0.2) is 24.1 Å². The molecule has 132 valence electrons. The molecule has 0 aliphatic heterocycles. The Kier molecular flexibility index (Phi) is 6.94.